The Morgan fingerprint density at radius 1 is 1.67 bits per heavy atom. The fourth-order valence-corrected chi connectivity index (χ4v) is 3.18. The quantitative estimate of drug-likeness (QED) is 0.861. The van der Waals surface area contributed by atoms with Crippen molar-refractivity contribution in [3.05, 3.63) is 21.3 Å². The molecule has 0 radical (unpaired) electrons. The van der Waals surface area contributed by atoms with Crippen molar-refractivity contribution in [2.75, 3.05) is 0 Å². The van der Waals surface area contributed by atoms with E-state index in [2.05, 4.69) is 0 Å². The predicted octanol–water partition coefficient (Wildman–Crippen LogP) is 2.66. The lowest BCUT2D eigenvalue weighted by Crippen LogP contribution is -2.46. The summed E-state index contributed by atoms with van der Waals surface area (Å²) in [6.45, 7) is 0. The third-order valence-corrected chi connectivity index (χ3v) is 4.52. The number of carboxylic acid groups (broad SMARTS) is 1. The van der Waals surface area contributed by atoms with Crippen molar-refractivity contribution in [2.45, 2.75) is 25.3 Å². The Balaban J connectivity index is 2.26. The first-order valence-corrected chi connectivity index (χ1v) is 6.05. The summed E-state index contributed by atoms with van der Waals surface area (Å²) in [7, 11) is 0. The maximum absolute atomic E-state index is 11.2. The number of nitrogens with two attached hydrogens (primary N) is 1. The van der Waals surface area contributed by atoms with E-state index < -0.39 is 17.4 Å². The van der Waals surface area contributed by atoms with E-state index in [4.69, 9.17) is 17.3 Å². The van der Waals surface area contributed by atoms with Gasteiger partial charge >= 0.3 is 5.97 Å². The molecule has 0 aromatic carbocycles. The van der Waals surface area contributed by atoms with Crippen molar-refractivity contribution in [3.63, 3.8) is 0 Å². The van der Waals surface area contributed by atoms with Crippen LogP contribution in [-0.2, 0) is 4.79 Å². The zero-order valence-electron chi connectivity index (χ0n) is 8.07. The van der Waals surface area contributed by atoms with E-state index in [0.717, 1.165) is 11.3 Å². The first-order valence-electron chi connectivity index (χ1n) is 4.79. The fraction of sp³-hybridized carbons (Fsp3) is 0.500. The summed E-state index contributed by atoms with van der Waals surface area (Å²) in [5.74, 6) is -0.786. The molecule has 1 atom stereocenters. The number of hydrogen-bond acceptors (Lipinski definition) is 3. The average molecular weight is 246 g/mol. The highest BCUT2D eigenvalue weighted by Gasteiger charge is 2.50. The molecule has 3 N–H and O–H groups in total. The second kappa shape index (κ2) is 3.77. The number of thiophene rings is 1. The van der Waals surface area contributed by atoms with Crippen molar-refractivity contribution >= 4 is 28.9 Å². The molecule has 0 spiro atoms. The minimum Gasteiger partial charge on any atom is -0.481 e. The van der Waals surface area contributed by atoms with Crippen LogP contribution in [0.3, 0.4) is 0 Å². The van der Waals surface area contributed by atoms with Crippen LogP contribution in [0.4, 0.5) is 0 Å². The standard InChI is InChI=1S/C10H12ClNO2S/c11-6-4-7(15-5-6)8(12)10(9(13)14)2-1-3-10/h4-5,8H,1-3,12H2,(H,13,14). The summed E-state index contributed by atoms with van der Waals surface area (Å²) in [5.41, 5.74) is 5.26. The molecular formula is C10H12ClNO2S. The smallest absolute Gasteiger partial charge is 0.311 e. The third kappa shape index (κ3) is 1.67. The minimum absolute atomic E-state index is 0.429. The van der Waals surface area contributed by atoms with E-state index in [1.165, 1.54) is 11.3 Å². The molecule has 0 bridgehead atoms. The number of hydrogen-bond donors (Lipinski definition) is 2. The summed E-state index contributed by atoms with van der Waals surface area (Å²) in [6.07, 6.45) is 2.27. The zero-order chi connectivity index (χ0) is 11.1. The molecule has 1 saturated carbocycles. The fourth-order valence-electron chi connectivity index (χ4n) is 1.98. The van der Waals surface area contributed by atoms with Crippen LogP contribution in [0.1, 0.15) is 30.2 Å². The molecule has 0 saturated heterocycles. The largest absolute Gasteiger partial charge is 0.481 e. The summed E-state index contributed by atoms with van der Waals surface area (Å²) in [4.78, 5) is 12.1. The Kier molecular flexibility index (Phi) is 2.75. The van der Waals surface area contributed by atoms with Gasteiger partial charge in [-0.3, -0.25) is 4.79 Å². The Hall–Kier alpha value is -0.580. The van der Waals surface area contributed by atoms with Crippen LogP contribution in [0, 0.1) is 5.41 Å². The van der Waals surface area contributed by atoms with Crippen LogP contribution >= 0.6 is 22.9 Å². The highest BCUT2D eigenvalue weighted by atomic mass is 35.5. The molecule has 0 amide bonds. The number of aliphatic carboxylic acids is 1. The molecule has 1 aromatic heterocycles. The van der Waals surface area contributed by atoms with Gasteiger partial charge in [0.05, 0.1) is 16.5 Å². The van der Waals surface area contributed by atoms with Crippen LogP contribution in [-0.4, -0.2) is 11.1 Å². The number of halogens is 1. The Labute approximate surface area is 96.9 Å². The van der Waals surface area contributed by atoms with Crippen molar-refractivity contribution in [1.29, 1.82) is 0 Å². The number of carboxylic acids is 1. The van der Waals surface area contributed by atoms with Gasteiger partial charge in [0, 0.05) is 10.3 Å². The minimum atomic E-state index is -0.786. The van der Waals surface area contributed by atoms with Crippen LogP contribution < -0.4 is 5.73 Å². The normalized spacial score (nSPS) is 20.7. The predicted molar refractivity (Wildman–Crippen MR) is 60.2 cm³/mol. The summed E-state index contributed by atoms with van der Waals surface area (Å²) in [6, 6.07) is 1.33. The van der Waals surface area contributed by atoms with Gasteiger partial charge in [-0.15, -0.1) is 11.3 Å². The number of rotatable bonds is 3. The Bertz CT molecular complexity index is 387. The van der Waals surface area contributed by atoms with Gasteiger partial charge in [-0.25, -0.2) is 0 Å². The van der Waals surface area contributed by atoms with Crippen molar-refractivity contribution < 1.29 is 9.90 Å². The highest BCUT2D eigenvalue weighted by Crippen LogP contribution is 2.50. The van der Waals surface area contributed by atoms with Gasteiger partial charge in [0.25, 0.3) is 0 Å². The zero-order valence-corrected chi connectivity index (χ0v) is 9.64. The molecule has 5 heteroatoms. The lowest BCUT2D eigenvalue weighted by atomic mass is 9.64. The maximum Gasteiger partial charge on any atom is 0.311 e. The highest BCUT2D eigenvalue weighted by molar-refractivity contribution is 7.10. The molecular weight excluding hydrogens is 234 g/mol. The summed E-state index contributed by atoms with van der Waals surface area (Å²) >= 11 is 7.23. The summed E-state index contributed by atoms with van der Waals surface area (Å²) in [5, 5.41) is 11.6. The first kappa shape index (κ1) is 10.9. The van der Waals surface area contributed by atoms with Gasteiger partial charge < -0.3 is 10.8 Å². The van der Waals surface area contributed by atoms with Crippen LogP contribution in [0.2, 0.25) is 5.02 Å². The molecule has 3 nitrogen and oxygen atoms in total. The second-order valence-corrected chi connectivity index (χ2v) is 5.34. The van der Waals surface area contributed by atoms with E-state index in [0.29, 0.717) is 17.9 Å². The first-order chi connectivity index (χ1) is 7.06. The lowest BCUT2D eigenvalue weighted by Gasteiger charge is -2.41. The van der Waals surface area contributed by atoms with E-state index in [-0.39, 0.29) is 0 Å². The van der Waals surface area contributed by atoms with Crippen LogP contribution in [0.25, 0.3) is 0 Å². The molecule has 1 heterocycles. The Morgan fingerprint density at radius 3 is 2.67 bits per heavy atom. The van der Waals surface area contributed by atoms with Crippen molar-refractivity contribution in [3.8, 4) is 0 Å². The van der Waals surface area contributed by atoms with Gasteiger partial charge in [-0.2, -0.15) is 0 Å². The van der Waals surface area contributed by atoms with Crippen LogP contribution in [0.15, 0.2) is 11.4 Å². The van der Waals surface area contributed by atoms with E-state index in [1.807, 2.05) is 0 Å². The molecule has 1 aliphatic rings. The second-order valence-electron chi connectivity index (χ2n) is 3.96. The molecule has 0 aliphatic heterocycles. The Morgan fingerprint density at radius 2 is 2.33 bits per heavy atom. The van der Waals surface area contributed by atoms with Gasteiger partial charge in [-0.1, -0.05) is 18.0 Å². The molecule has 1 aromatic rings. The topological polar surface area (TPSA) is 63.3 Å². The van der Waals surface area contributed by atoms with Crippen LogP contribution in [0.5, 0.6) is 0 Å². The molecule has 2 rings (SSSR count). The number of carbonyl (C=O) groups is 1. The van der Waals surface area contributed by atoms with Gasteiger partial charge in [0.1, 0.15) is 0 Å². The molecule has 1 unspecified atom stereocenters. The lowest BCUT2D eigenvalue weighted by molar-refractivity contribution is -0.156. The molecule has 82 valence electrons. The molecule has 1 aliphatic carbocycles. The SMILES string of the molecule is NC(c1cc(Cl)cs1)C1(C(=O)O)CCC1. The van der Waals surface area contributed by atoms with Gasteiger partial charge in [0.2, 0.25) is 0 Å². The monoisotopic (exact) mass is 245 g/mol. The average Bonchev–Trinajstić information content (AvgIpc) is 2.48. The maximum atomic E-state index is 11.2. The van der Waals surface area contributed by atoms with Crippen molar-refractivity contribution in [2.24, 2.45) is 11.1 Å². The van der Waals surface area contributed by atoms with Gasteiger partial charge in [0.15, 0.2) is 0 Å². The van der Waals surface area contributed by atoms with Crippen molar-refractivity contribution in [1.82, 2.24) is 0 Å². The van der Waals surface area contributed by atoms with E-state index in [1.54, 1.807) is 11.4 Å². The van der Waals surface area contributed by atoms with Gasteiger partial charge in [-0.05, 0) is 18.9 Å². The summed E-state index contributed by atoms with van der Waals surface area (Å²) < 4.78 is 0. The third-order valence-electron chi connectivity index (χ3n) is 3.16. The molecule has 15 heavy (non-hydrogen) atoms. The van der Waals surface area contributed by atoms with E-state index in [9.17, 15) is 9.90 Å². The van der Waals surface area contributed by atoms with E-state index >= 15 is 0 Å². The molecule has 1 fully saturated rings.